The van der Waals surface area contributed by atoms with Gasteiger partial charge in [0.1, 0.15) is 11.4 Å². The molecule has 0 saturated carbocycles. The van der Waals surface area contributed by atoms with Crippen molar-refractivity contribution in [3.8, 4) is 22.7 Å². The number of benzene rings is 2. The molecule has 0 aliphatic rings. The third-order valence-electron chi connectivity index (χ3n) is 4.47. The van der Waals surface area contributed by atoms with Crippen LogP contribution in [0.25, 0.3) is 16.9 Å². The van der Waals surface area contributed by atoms with E-state index in [-0.39, 0.29) is 11.9 Å². The maximum absolute atomic E-state index is 12.9. The first kappa shape index (κ1) is 20.2. The fourth-order valence-corrected chi connectivity index (χ4v) is 2.95. The lowest BCUT2D eigenvalue weighted by Gasteiger charge is -2.12. The Kier molecular flexibility index (Phi) is 6.27. The Balaban J connectivity index is 2.08. The lowest BCUT2D eigenvalue weighted by molar-refractivity contribution is 0.0931. The molecule has 146 valence electrons. The normalized spacial score (nSPS) is 11.9. The van der Waals surface area contributed by atoms with E-state index in [4.69, 9.17) is 27.9 Å². The molecule has 1 N–H and O–H groups in total. The highest BCUT2D eigenvalue weighted by atomic mass is 35.5. The number of carbonyl (C=O) groups is 1. The molecular formula is C21H21Cl2N3O2. The van der Waals surface area contributed by atoms with Crippen molar-refractivity contribution in [1.29, 1.82) is 0 Å². The molecule has 0 radical (unpaired) electrons. The van der Waals surface area contributed by atoms with Crippen molar-refractivity contribution in [3.63, 3.8) is 0 Å². The topological polar surface area (TPSA) is 56.1 Å². The molecule has 3 rings (SSSR count). The number of rotatable bonds is 6. The number of nitrogens with one attached hydrogen (secondary N) is 1. The van der Waals surface area contributed by atoms with Crippen molar-refractivity contribution in [1.82, 2.24) is 15.1 Å². The molecule has 1 heterocycles. The smallest absolute Gasteiger partial charge is 0.270 e. The molecule has 28 heavy (non-hydrogen) atoms. The second-order valence-electron chi connectivity index (χ2n) is 6.44. The Morgan fingerprint density at radius 2 is 1.86 bits per heavy atom. The summed E-state index contributed by atoms with van der Waals surface area (Å²) in [5, 5.41) is 8.47. The van der Waals surface area contributed by atoms with Crippen LogP contribution in [0.15, 0.2) is 48.5 Å². The number of hydrogen-bond acceptors (Lipinski definition) is 3. The first-order chi connectivity index (χ1) is 13.4. The molecule has 0 spiro atoms. The van der Waals surface area contributed by atoms with E-state index in [0.29, 0.717) is 27.1 Å². The maximum atomic E-state index is 12.9. The summed E-state index contributed by atoms with van der Waals surface area (Å²) in [4.78, 5) is 12.9. The molecule has 0 fully saturated rings. The Hall–Kier alpha value is -2.50. The number of nitrogens with zero attached hydrogens (tertiary/aromatic N) is 2. The molecule has 1 atom stereocenters. The predicted molar refractivity (Wildman–Crippen MR) is 113 cm³/mol. The second-order valence-corrected chi connectivity index (χ2v) is 7.25. The fraction of sp³-hybridized carbons (Fsp3) is 0.238. The summed E-state index contributed by atoms with van der Waals surface area (Å²) < 4.78 is 6.79. The van der Waals surface area contributed by atoms with Gasteiger partial charge < -0.3 is 10.1 Å². The Bertz CT molecular complexity index is 984. The average molecular weight is 418 g/mol. The van der Waals surface area contributed by atoms with E-state index >= 15 is 0 Å². The predicted octanol–water partition coefficient (Wildman–Crippen LogP) is 5.38. The summed E-state index contributed by atoms with van der Waals surface area (Å²) in [7, 11) is 1.62. The van der Waals surface area contributed by atoms with Crippen LogP contribution in [0.1, 0.15) is 30.8 Å². The first-order valence-corrected chi connectivity index (χ1v) is 9.69. The zero-order valence-corrected chi connectivity index (χ0v) is 17.4. The van der Waals surface area contributed by atoms with Crippen molar-refractivity contribution in [3.05, 3.63) is 64.3 Å². The highest BCUT2D eigenvalue weighted by molar-refractivity contribution is 6.42. The van der Waals surface area contributed by atoms with Gasteiger partial charge in [0.2, 0.25) is 0 Å². The van der Waals surface area contributed by atoms with Crippen LogP contribution in [-0.4, -0.2) is 28.8 Å². The lowest BCUT2D eigenvalue weighted by atomic mass is 10.1. The molecule has 0 aliphatic carbocycles. The number of carbonyl (C=O) groups excluding carboxylic acids is 1. The standard InChI is InChI=1S/C21H21Cl2N3O2/c1-4-13(2)24-21(27)20-12-19(14-5-8-16(28-3)9-6-14)25-26(20)15-7-10-17(22)18(23)11-15/h5-13H,4H2,1-3H3,(H,24,27). The SMILES string of the molecule is CCC(C)NC(=O)c1cc(-c2ccc(OC)cc2)nn1-c1ccc(Cl)c(Cl)c1. The molecule has 1 unspecified atom stereocenters. The summed E-state index contributed by atoms with van der Waals surface area (Å²) >= 11 is 12.2. The minimum atomic E-state index is -0.201. The monoisotopic (exact) mass is 417 g/mol. The quantitative estimate of drug-likeness (QED) is 0.585. The number of methoxy groups -OCH3 is 1. The van der Waals surface area contributed by atoms with Gasteiger partial charge >= 0.3 is 0 Å². The third-order valence-corrected chi connectivity index (χ3v) is 5.20. The zero-order valence-electron chi connectivity index (χ0n) is 15.9. The number of aromatic nitrogens is 2. The van der Waals surface area contributed by atoms with E-state index in [1.807, 2.05) is 38.1 Å². The Morgan fingerprint density at radius 3 is 2.46 bits per heavy atom. The van der Waals surface area contributed by atoms with Crippen molar-refractivity contribution in [2.75, 3.05) is 7.11 Å². The van der Waals surface area contributed by atoms with Crippen LogP contribution in [0.3, 0.4) is 0 Å². The second kappa shape index (κ2) is 8.67. The van der Waals surface area contributed by atoms with E-state index in [0.717, 1.165) is 17.7 Å². The number of halogens is 2. The van der Waals surface area contributed by atoms with Crippen LogP contribution in [0.4, 0.5) is 0 Å². The van der Waals surface area contributed by atoms with Gasteiger partial charge in [-0.25, -0.2) is 4.68 Å². The maximum Gasteiger partial charge on any atom is 0.270 e. The summed E-state index contributed by atoms with van der Waals surface area (Å²) in [6, 6.07) is 14.5. The van der Waals surface area contributed by atoms with Crippen molar-refractivity contribution in [2.45, 2.75) is 26.3 Å². The van der Waals surface area contributed by atoms with Gasteiger partial charge in [0.15, 0.2) is 0 Å². The molecule has 0 aliphatic heterocycles. The summed E-state index contributed by atoms with van der Waals surface area (Å²) in [6.07, 6.45) is 0.831. The summed E-state index contributed by atoms with van der Waals surface area (Å²) in [5.74, 6) is 0.551. The largest absolute Gasteiger partial charge is 0.497 e. The van der Waals surface area contributed by atoms with Gasteiger partial charge in [-0.3, -0.25) is 4.79 Å². The number of hydrogen-bond donors (Lipinski definition) is 1. The average Bonchev–Trinajstić information content (AvgIpc) is 3.15. The van der Waals surface area contributed by atoms with E-state index in [2.05, 4.69) is 10.4 Å². The van der Waals surface area contributed by atoms with E-state index in [9.17, 15) is 4.79 Å². The lowest BCUT2D eigenvalue weighted by Crippen LogP contribution is -2.33. The molecule has 5 nitrogen and oxygen atoms in total. The van der Waals surface area contributed by atoms with Gasteiger partial charge in [-0.05, 0) is 61.9 Å². The van der Waals surface area contributed by atoms with Crippen LogP contribution < -0.4 is 10.1 Å². The Labute approximate surface area is 174 Å². The van der Waals surface area contributed by atoms with Crippen LogP contribution in [0.2, 0.25) is 10.0 Å². The molecule has 7 heteroatoms. The van der Waals surface area contributed by atoms with Gasteiger partial charge in [-0.1, -0.05) is 30.1 Å². The van der Waals surface area contributed by atoms with E-state index in [1.54, 1.807) is 36.1 Å². The first-order valence-electron chi connectivity index (χ1n) is 8.93. The van der Waals surface area contributed by atoms with Gasteiger partial charge in [-0.2, -0.15) is 5.10 Å². The molecule has 2 aromatic carbocycles. The van der Waals surface area contributed by atoms with Crippen molar-refractivity contribution >= 4 is 29.1 Å². The number of ether oxygens (including phenoxy) is 1. The van der Waals surface area contributed by atoms with E-state index < -0.39 is 0 Å². The minimum absolute atomic E-state index is 0.0501. The summed E-state index contributed by atoms with van der Waals surface area (Å²) in [6.45, 7) is 3.98. The van der Waals surface area contributed by atoms with Gasteiger partial charge in [0, 0.05) is 11.6 Å². The van der Waals surface area contributed by atoms with Crippen LogP contribution in [-0.2, 0) is 0 Å². The van der Waals surface area contributed by atoms with Gasteiger partial charge in [0.25, 0.3) is 5.91 Å². The van der Waals surface area contributed by atoms with Crippen molar-refractivity contribution in [2.24, 2.45) is 0 Å². The minimum Gasteiger partial charge on any atom is -0.497 e. The van der Waals surface area contributed by atoms with Crippen molar-refractivity contribution < 1.29 is 9.53 Å². The molecule has 0 bridgehead atoms. The third kappa shape index (κ3) is 4.32. The molecule has 1 aromatic heterocycles. The molecule has 0 saturated heterocycles. The highest BCUT2D eigenvalue weighted by Crippen LogP contribution is 2.28. The summed E-state index contributed by atoms with van der Waals surface area (Å²) in [5.41, 5.74) is 2.62. The number of amides is 1. The van der Waals surface area contributed by atoms with Gasteiger partial charge in [-0.15, -0.1) is 0 Å². The molecular weight excluding hydrogens is 397 g/mol. The van der Waals surface area contributed by atoms with Gasteiger partial charge in [0.05, 0.1) is 28.5 Å². The highest BCUT2D eigenvalue weighted by Gasteiger charge is 2.19. The Morgan fingerprint density at radius 1 is 1.14 bits per heavy atom. The van der Waals surface area contributed by atoms with Crippen LogP contribution in [0.5, 0.6) is 5.75 Å². The molecule has 1 amide bonds. The van der Waals surface area contributed by atoms with Crippen LogP contribution in [0, 0.1) is 0 Å². The van der Waals surface area contributed by atoms with Crippen LogP contribution >= 0.6 is 23.2 Å². The molecule has 3 aromatic rings. The van der Waals surface area contributed by atoms with E-state index in [1.165, 1.54) is 0 Å². The zero-order chi connectivity index (χ0) is 20.3. The fourth-order valence-electron chi connectivity index (χ4n) is 2.66.